The lowest BCUT2D eigenvalue weighted by molar-refractivity contribution is -0.118. The number of hydrogen-bond donors (Lipinski definition) is 1. The predicted molar refractivity (Wildman–Crippen MR) is 66.8 cm³/mol. The lowest BCUT2D eigenvalue weighted by Crippen LogP contribution is -2.26. The van der Waals surface area contributed by atoms with E-state index in [1.807, 2.05) is 13.8 Å². The maximum atomic E-state index is 11.5. The second-order valence-electron chi connectivity index (χ2n) is 3.99. The molecule has 0 aliphatic carbocycles. The molecular weight excluding hydrogens is 238 g/mol. The van der Waals surface area contributed by atoms with E-state index >= 15 is 0 Å². The van der Waals surface area contributed by atoms with Crippen molar-refractivity contribution in [3.8, 4) is 0 Å². The van der Waals surface area contributed by atoms with Gasteiger partial charge in [-0.05, 0) is 30.7 Å². The summed E-state index contributed by atoms with van der Waals surface area (Å²) in [6.45, 7) is 6.84. The quantitative estimate of drug-likeness (QED) is 0.588. The third-order valence-electron chi connectivity index (χ3n) is 2.14. The van der Waals surface area contributed by atoms with Gasteiger partial charge in [0, 0.05) is 6.54 Å². The van der Waals surface area contributed by atoms with Crippen LogP contribution in [0.1, 0.15) is 39.7 Å². The third kappa shape index (κ3) is 4.72. The highest BCUT2D eigenvalue weighted by molar-refractivity contribution is 7.99. The number of carbonyl (C=O) groups is 1. The van der Waals surface area contributed by atoms with Crippen LogP contribution in [-0.2, 0) is 4.79 Å². The Kier molecular flexibility index (Phi) is 5.96. The molecule has 0 atom stereocenters. The van der Waals surface area contributed by atoms with Crippen molar-refractivity contribution in [2.24, 2.45) is 0 Å². The average molecular weight is 257 g/mol. The van der Waals surface area contributed by atoms with Gasteiger partial charge in [-0.25, -0.2) is 4.68 Å². The van der Waals surface area contributed by atoms with Gasteiger partial charge in [0.2, 0.25) is 11.1 Å². The molecule has 0 aliphatic heterocycles. The van der Waals surface area contributed by atoms with Crippen molar-refractivity contribution in [1.29, 1.82) is 0 Å². The Morgan fingerprint density at radius 2 is 2.29 bits per heavy atom. The largest absolute Gasteiger partial charge is 0.355 e. The van der Waals surface area contributed by atoms with Crippen LogP contribution >= 0.6 is 11.8 Å². The predicted octanol–water partition coefficient (Wildman–Crippen LogP) is 1.26. The standard InChI is InChI=1S/C10H19N5OS/c1-4-5-6-11-9(16)7-17-10-12-13-14-15(10)8(2)3/h8H,4-7H2,1-3H3,(H,11,16). The molecule has 1 rings (SSSR count). The molecule has 1 N–H and O–H groups in total. The zero-order chi connectivity index (χ0) is 12.7. The molecule has 0 unspecified atom stereocenters. The first-order valence-corrected chi connectivity index (χ1v) is 6.81. The highest BCUT2D eigenvalue weighted by atomic mass is 32.2. The average Bonchev–Trinajstić information content (AvgIpc) is 2.75. The van der Waals surface area contributed by atoms with Crippen molar-refractivity contribution < 1.29 is 4.79 Å². The molecule has 0 bridgehead atoms. The molecule has 0 spiro atoms. The highest BCUT2D eigenvalue weighted by Gasteiger charge is 2.11. The molecule has 7 heteroatoms. The molecule has 0 saturated heterocycles. The van der Waals surface area contributed by atoms with E-state index in [1.54, 1.807) is 4.68 Å². The van der Waals surface area contributed by atoms with E-state index in [9.17, 15) is 4.79 Å². The SMILES string of the molecule is CCCCNC(=O)CSc1nnnn1C(C)C. The Labute approximate surface area is 106 Å². The Morgan fingerprint density at radius 1 is 1.53 bits per heavy atom. The Morgan fingerprint density at radius 3 is 2.94 bits per heavy atom. The normalized spacial score (nSPS) is 10.8. The summed E-state index contributed by atoms with van der Waals surface area (Å²) in [5.74, 6) is 0.387. The number of carbonyl (C=O) groups excluding carboxylic acids is 1. The fraction of sp³-hybridized carbons (Fsp3) is 0.800. The van der Waals surface area contributed by atoms with Gasteiger partial charge in [0.15, 0.2) is 0 Å². The van der Waals surface area contributed by atoms with Crippen molar-refractivity contribution in [3.05, 3.63) is 0 Å². The van der Waals surface area contributed by atoms with E-state index in [0.29, 0.717) is 10.9 Å². The number of nitrogens with zero attached hydrogens (tertiary/aromatic N) is 4. The van der Waals surface area contributed by atoms with Gasteiger partial charge < -0.3 is 5.32 Å². The number of hydrogen-bond acceptors (Lipinski definition) is 5. The van der Waals surface area contributed by atoms with E-state index < -0.39 is 0 Å². The molecule has 0 aromatic carbocycles. The molecular formula is C10H19N5OS. The van der Waals surface area contributed by atoms with Crippen LogP contribution in [0.15, 0.2) is 5.16 Å². The Balaban J connectivity index is 2.34. The van der Waals surface area contributed by atoms with Gasteiger partial charge in [-0.1, -0.05) is 25.1 Å². The minimum absolute atomic E-state index is 0.0294. The topological polar surface area (TPSA) is 72.7 Å². The van der Waals surface area contributed by atoms with Gasteiger partial charge in [0.1, 0.15) is 0 Å². The first-order valence-electron chi connectivity index (χ1n) is 5.82. The van der Waals surface area contributed by atoms with Crippen LogP contribution in [0.4, 0.5) is 0 Å². The summed E-state index contributed by atoms with van der Waals surface area (Å²) in [7, 11) is 0. The van der Waals surface area contributed by atoms with Crippen LogP contribution in [0.25, 0.3) is 0 Å². The Hall–Kier alpha value is -1.11. The van der Waals surface area contributed by atoms with Crippen LogP contribution in [0.3, 0.4) is 0 Å². The smallest absolute Gasteiger partial charge is 0.230 e. The first kappa shape index (κ1) is 14.0. The first-order chi connectivity index (χ1) is 8.15. The second-order valence-corrected chi connectivity index (χ2v) is 4.93. The van der Waals surface area contributed by atoms with E-state index in [-0.39, 0.29) is 11.9 Å². The number of aromatic nitrogens is 4. The van der Waals surface area contributed by atoms with Gasteiger partial charge >= 0.3 is 0 Å². The maximum Gasteiger partial charge on any atom is 0.230 e. The second kappa shape index (κ2) is 7.26. The number of unbranched alkanes of at least 4 members (excludes halogenated alkanes) is 1. The van der Waals surface area contributed by atoms with Crippen molar-refractivity contribution >= 4 is 17.7 Å². The fourth-order valence-electron chi connectivity index (χ4n) is 1.19. The number of thioether (sulfide) groups is 1. The van der Waals surface area contributed by atoms with Gasteiger partial charge in [0.25, 0.3) is 0 Å². The summed E-state index contributed by atoms with van der Waals surface area (Å²) in [6.07, 6.45) is 2.10. The van der Waals surface area contributed by atoms with Gasteiger partial charge in [-0.3, -0.25) is 4.79 Å². The number of nitrogens with one attached hydrogen (secondary N) is 1. The van der Waals surface area contributed by atoms with E-state index in [2.05, 4.69) is 27.8 Å². The molecule has 1 aromatic rings. The summed E-state index contributed by atoms with van der Waals surface area (Å²) >= 11 is 1.36. The summed E-state index contributed by atoms with van der Waals surface area (Å²) in [6, 6.07) is 0.204. The van der Waals surface area contributed by atoms with Gasteiger partial charge in [-0.15, -0.1) is 5.10 Å². The molecule has 6 nitrogen and oxygen atoms in total. The van der Waals surface area contributed by atoms with E-state index in [0.717, 1.165) is 19.4 Å². The minimum Gasteiger partial charge on any atom is -0.355 e. The molecule has 1 amide bonds. The third-order valence-corrected chi connectivity index (χ3v) is 3.07. The van der Waals surface area contributed by atoms with Crippen molar-refractivity contribution in [2.75, 3.05) is 12.3 Å². The van der Waals surface area contributed by atoms with E-state index in [4.69, 9.17) is 0 Å². The summed E-state index contributed by atoms with van der Waals surface area (Å²) < 4.78 is 1.71. The maximum absolute atomic E-state index is 11.5. The zero-order valence-electron chi connectivity index (χ0n) is 10.5. The number of rotatable bonds is 7. The fourth-order valence-corrected chi connectivity index (χ4v) is 2.03. The van der Waals surface area contributed by atoms with Crippen LogP contribution in [0, 0.1) is 0 Å². The van der Waals surface area contributed by atoms with Crippen molar-refractivity contribution in [1.82, 2.24) is 25.5 Å². The van der Waals surface area contributed by atoms with E-state index in [1.165, 1.54) is 11.8 Å². The Bertz CT molecular complexity index is 352. The molecule has 0 radical (unpaired) electrons. The van der Waals surface area contributed by atoms with Gasteiger partial charge in [0.05, 0.1) is 11.8 Å². The van der Waals surface area contributed by atoms with Crippen molar-refractivity contribution in [2.45, 2.75) is 44.8 Å². The molecule has 0 fully saturated rings. The van der Waals surface area contributed by atoms with Crippen LogP contribution in [0.2, 0.25) is 0 Å². The highest BCUT2D eigenvalue weighted by Crippen LogP contribution is 2.16. The summed E-state index contributed by atoms with van der Waals surface area (Å²) in [5, 5.41) is 14.9. The molecule has 96 valence electrons. The summed E-state index contributed by atoms with van der Waals surface area (Å²) in [5.41, 5.74) is 0. The molecule has 17 heavy (non-hydrogen) atoms. The number of tetrazole rings is 1. The lowest BCUT2D eigenvalue weighted by Gasteiger charge is -2.07. The monoisotopic (exact) mass is 257 g/mol. The lowest BCUT2D eigenvalue weighted by atomic mass is 10.3. The molecule has 0 aliphatic rings. The number of amides is 1. The minimum atomic E-state index is 0.0294. The van der Waals surface area contributed by atoms with Crippen molar-refractivity contribution in [3.63, 3.8) is 0 Å². The zero-order valence-corrected chi connectivity index (χ0v) is 11.3. The summed E-state index contributed by atoms with van der Waals surface area (Å²) in [4.78, 5) is 11.5. The molecule has 0 saturated carbocycles. The molecule has 1 heterocycles. The van der Waals surface area contributed by atoms with Crippen LogP contribution < -0.4 is 5.32 Å². The molecule has 1 aromatic heterocycles. The van der Waals surface area contributed by atoms with Gasteiger partial charge in [-0.2, -0.15) is 0 Å². The van der Waals surface area contributed by atoms with Crippen LogP contribution in [-0.4, -0.2) is 38.4 Å². The van der Waals surface area contributed by atoms with Crippen LogP contribution in [0.5, 0.6) is 0 Å².